The molecule has 14 heavy (non-hydrogen) atoms. The van der Waals surface area contributed by atoms with Gasteiger partial charge in [0.1, 0.15) is 5.65 Å². The number of aliphatic hydroxyl groups excluding tert-OH is 1. The summed E-state index contributed by atoms with van der Waals surface area (Å²) < 4.78 is 1.64. The molecule has 0 aliphatic carbocycles. The van der Waals surface area contributed by atoms with Gasteiger partial charge in [-0.05, 0) is 19.0 Å². The van der Waals surface area contributed by atoms with Crippen molar-refractivity contribution in [2.45, 2.75) is 13.4 Å². The van der Waals surface area contributed by atoms with Gasteiger partial charge in [0.2, 0.25) is 0 Å². The lowest BCUT2D eigenvalue weighted by Gasteiger charge is -2.01. The summed E-state index contributed by atoms with van der Waals surface area (Å²) in [6.45, 7) is 1.62. The van der Waals surface area contributed by atoms with Gasteiger partial charge in [-0.1, -0.05) is 0 Å². The predicted octanol–water partition coefficient (Wildman–Crippen LogP) is 0.487. The summed E-state index contributed by atoms with van der Waals surface area (Å²) in [4.78, 5) is 4.16. The van der Waals surface area contributed by atoms with Gasteiger partial charge in [-0.2, -0.15) is 0 Å². The summed E-state index contributed by atoms with van der Waals surface area (Å²) in [5.74, 6) is 0. The first-order chi connectivity index (χ1) is 6.74. The minimum absolute atomic E-state index is 0.0398. The maximum Gasteiger partial charge on any atom is 0.414 e. The smallest absolute Gasteiger partial charge is 0.414 e. The summed E-state index contributed by atoms with van der Waals surface area (Å²) in [5, 5.41) is 19.5. The number of hydrogen-bond donors (Lipinski definition) is 2. The third kappa shape index (κ3) is 1.30. The van der Waals surface area contributed by atoms with E-state index < -0.39 is 7.05 Å². The van der Waals surface area contributed by atoms with Crippen molar-refractivity contribution in [3.05, 3.63) is 30.1 Å². The number of hydrogen-bond acceptors (Lipinski definition) is 3. The predicted molar refractivity (Wildman–Crippen MR) is 54.9 cm³/mol. The first kappa shape index (κ1) is 9.24. The molecule has 0 saturated carbocycles. The van der Waals surface area contributed by atoms with Gasteiger partial charge >= 0.3 is 7.05 Å². The molecule has 2 aromatic heterocycles. The molecule has 2 rings (SSSR count). The molecule has 0 aliphatic rings. The van der Waals surface area contributed by atoms with Crippen LogP contribution in [0.1, 0.15) is 5.56 Å². The van der Waals surface area contributed by atoms with Crippen LogP contribution < -0.4 is 0 Å². The van der Waals surface area contributed by atoms with Gasteiger partial charge in [0.25, 0.3) is 0 Å². The summed E-state index contributed by atoms with van der Waals surface area (Å²) >= 11 is 0. The molecule has 72 valence electrons. The number of aliphatic hydroxyl groups is 1. The number of rotatable bonds is 2. The van der Waals surface area contributed by atoms with E-state index in [0.717, 1.165) is 10.9 Å². The van der Waals surface area contributed by atoms with Crippen molar-refractivity contribution in [1.29, 1.82) is 0 Å². The second-order valence-corrected chi connectivity index (χ2v) is 3.23. The van der Waals surface area contributed by atoms with E-state index in [0.29, 0.717) is 5.65 Å². The molecule has 4 nitrogen and oxygen atoms in total. The minimum Gasteiger partial charge on any atom is -0.432 e. The highest BCUT2D eigenvalue weighted by molar-refractivity contribution is 6.48. The van der Waals surface area contributed by atoms with Crippen molar-refractivity contribution >= 4 is 18.1 Å². The lowest BCUT2D eigenvalue weighted by atomic mass is 9.88. The Labute approximate surface area is 82.0 Å². The van der Waals surface area contributed by atoms with Gasteiger partial charge in [0, 0.05) is 23.3 Å². The van der Waals surface area contributed by atoms with Crippen LogP contribution in [0.3, 0.4) is 0 Å². The molecule has 0 saturated heterocycles. The highest BCUT2D eigenvalue weighted by Gasteiger charge is 2.14. The molecule has 0 spiro atoms. The Hall–Kier alpha value is -1.33. The third-order valence-corrected chi connectivity index (χ3v) is 2.25. The van der Waals surface area contributed by atoms with Gasteiger partial charge in [-0.15, -0.1) is 0 Å². The van der Waals surface area contributed by atoms with Crippen LogP contribution >= 0.6 is 0 Å². The molecule has 2 aromatic rings. The maximum absolute atomic E-state index is 9.47. The van der Waals surface area contributed by atoms with Crippen LogP contribution in [0.2, 0.25) is 6.82 Å². The Morgan fingerprint density at radius 1 is 1.57 bits per heavy atom. The molecule has 0 aromatic carbocycles. The van der Waals surface area contributed by atoms with E-state index in [9.17, 15) is 5.02 Å². The summed E-state index contributed by atoms with van der Waals surface area (Å²) in [7, 11) is -0.632. The van der Waals surface area contributed by atoms with Crippen LogP contribution in [-0.2, 0) is 6.61 Å². The molecule has 0 fully saturated rings. The normalized spacial score (nSPS) is 10.8. The Bertz CT molecular complexity index is 453. The van der Waals surface area contributed by atoms with Gasteiger partial charge in [-0.3, -0.25) is 0 Å². The van der Waals surface area contributed by atoms with Crippen LogP contribution in [0.15, 0.2) is 24.5 Å². The highest BCUT2D eigenvalue weighted by Crippen LogP contribution is 2.19. The van der Waals surface area contributed by atoms with E-state index in [4.69, 9.17) is 5.11 Å². The number of aromatic nitrogens is 2. The second kappa shape index (κ2) is 3.44. The average Bonchev–Trinajstić information content (AvgIpc) is 2.56. The van der Waals surface area contributed by atoms with E-state index in [1.54, 1.807) is 23.7 Å². The monoisotopic (exact) mass is 190 g/mol. The molecular formula is C9H11BN2O2. The average molecular weight is 190 g/mol. The number of nitrogens with zero attached hydrogens (tertiary/aromatic N) is 2. The number of fused-ring (bicyclic) bond motifs is 1. The summed E-state index contributed by atoms with van der Waals surface area (Å²) in [6, 6.07) is 3.70. The molecule has 0 aliphatic heterocycles. The fraction of sp³-hybridized carbons (Fsp3) is 0.222. The lowest BCUT2D eigenvalue weighted by molar-refractivity contribution is 0.283. The first-order valence-corrected chi connectivity index (χ1v) is 4.47. The molecule has 0 amide bonds. The molecule has 5 heteroatoms. The van der Waals surface area contributed by atoms with Gasteiger partial charge in [0.15, 0.2) is 0 Å². The molecule has 0 bridgehead atoms. The van der Waals surface area contributed by atoms with Crippen LogP contribution in [0, 0.1) is 0 Å². The lowest BCUT2D eigenvalue weighted by Crippen LogP contribution is -2.18. The van der Waals surface area contributed by atoms with Crippen molar-refractivity contribution in [2.24, 2.45) is 0 Å². The SMILES string of the molecule is CB(O)n1cc(CO)c2cccnc21. The van der Waals surface area contributed by atoms with Crippen molar-refractivity contribution in [3.8, 4) is 0 Å². The fourth-order valence-electron chi connectivity index (χ4n) is 1.56. The van der Waals surface area contributed by atoms with Crippen molar-refractivity contribution < 1.29 is 10.1 Å². The Kier molecular flexibility index (Phi) is 2.27. The quantitative estimate of drug-likeness (QED) is 0.677. The van der Waals surface area contributed by atoms with E-state index in [1.165, 1.54) is 0 Å². The minimum atomic E-state index is -0.632. The van der Waals surface area contributed by atoms with Gasteiger partial charge < -0.3 is 14.6 Å². The Morgan fingerprint density at radius 3 is 3.00 bits per heavy atom. The van der Waals surface area contributed by atoms with Crippen LogP contribution in [0.5, 0.6) is 0 Å². The maximum atomic E-state index is 9.47. The van der Waals surface area contributed by atoms with Crippen LogP contribution in [0.4, 0.5) is 0 Å². The molecule has 0 atom stereocenters. The van der Waals surface area contributed by atoms with Crippen molar-refractivity contribution in [3.63, 3.8) is 0 Å². The zero-order valence-corrected chi connectivity index (χ0v) is 7.88. The summed E-state index contributed by atoms with van der Waals surface area (Å²) in [5.41, 5.74) is 1.49. The fourth-order valence-corrected chi connectivity index (χ4v) is 1.56. The molecule has 0 radical (unpaired) electrons. The summed E-state index contributed by atoms with van der Waals surface area (Å²) in [6.07, 6.45) is 3.39. The third-order valence-electron chi connectivity index (χ3n) is 2.25. The van der Waals surface area contributed by atoms with Gasteiger partial charge in [0.05, 0.1) is 6.61 Å². The second-order valence-electron chi connectivity index (χ2n) is 3.23. The van der Waals surface area contributed by atoms with E-state index in [-0.39, 0.29) is 6.61 Å². The highest BCUT2D eigenvalue weighted by atomic mass is 16.3. The molecule has 2 N–H and O–H groups in total. The van der Waals surface area contributed by atoms with E-state index in [2.05, 4.69) is 4.98 Å². The van der Waals surface area contributed by atoms with Gasteiger partial charge in [-0.25, -0.2) is 4.98 Å². The largest absolute Gasteiger partial charge is 0.432 e. The van der Waals surface area contributed by atoms with Crippen molar-refractivity contribution in [1.82, 2.24) is 9.46 Å². The Morgan fingerprint density at radius 2 is 2.36 bits per heavy atom. The molecule has 0 unspecified atom stereocenters. The van der Waals surface area contributed by atoms with E-state index in [1.807, 2.05) is 12.1 Å². The topological polar surface area (TPSA) is 58.3 Å². The Balaban J connectivity index is 2.73. The van der Waals surface area contributed by atoms with Crippen LogP contribution in [0.25, 0.3) is 11.0 Å². The molecule has 2 heterocycles. The standard InChI is InChI=1S/C9H11BN2O2/c1-10(14)12-5-7(6-13)8-3-2-4-11-9(8)12/h2-5,13-14H,6H2,1H3. The zero-order chi connectivity index (χ0) is 10.1. The number of pyridine rings is 1. The van der Waals surface area contributed by atoms with Crippen LogP contribution in [-0.4, -0.2) is 26.6 Å². The van der Waals surface area contributed by atoms with E-state index >= 15 is 0 Å². The zero-order valence-electron chi connectivity index (χ0n) is 7.88. The molecular weight excluding hydrogens is 179 g/mol. The van der Waals surface area contributed by atoms with Crippen molar-refractivity contribution in [2.75, 3.05) is 0 Å². The first-order valence-electron chi connectivity index (χ1n) is 4.47.